The Balaban J connectivity index is 1.24. The first kappa shape index (κ1) is 19.7. The molecule has 0 unspecified atom stereocenters. The Morgan fingerprint density at radius 1 is 1.07 bits per heavy atom. The number of carbonyl (C=O) groups is 1. The van der Waals surface area contributed by atoms with Crippen LogP contribution in [0.4, 0.5) is 10.1 Å². The number of rotatable bonds is 5. The van der Waals surface area contributed by atoms with Crippen molar-refractivity contribution in [3.8, 4) is 11.5 Å². The van der Waals surface area contributed by atoms with Gasteiger partial charge < -0.3 is 14.8 Å². The molecule has 0 radical (unpaired) electrons. The maximum Gasteiger partial charge on any atom is 0.238 e. The van der Waals surface area contributed by atoms with E-state index >= 15 is 0 Å². The molecule has 29 heavy (non-hydrogen) atoms. The van der Waals surface area contributed by atoms with Gasteiger partial charge in [0.25, 0.3) is 0 Å². The van der Waals surface area contributed by atoms with Crippen LogP contribution in [0.3, 0.4) is 0 Å². The summed E-state index contributed by atoms with van der Waals surface area (Å²) in [5.41, 5.74) is 1.77. The van der Waals surface area contributed by atoms with Crippen molar-refractivity contribution in [3.63, 3.8) is 0 Å². The summed E-state index contributed by atoms with van der Waals surface area (Å²) < 4.78 is 24.7. The molecule has 2 aliphatic rings. The van der Waals surface area contributed by atoms with Crippen LogP contribution in [-0.2, 0) is 11.2 Å². The monoisotopic (exact) mass is 398 g/mol. The Kier molecular flexibility index (Phi) is 6.30. The first-order valence-corrected chi connectivity index (χ1v) is 10.3. The maximum atomic E-state index is 13.4. The van der Waals surface area contributed by atoms with Gasteiger partial charge in [0.2, 0.25) is 5.91 Å². The number of carbonyl (C=O) groups excluding carboxylic acids is 1. The molecule has 2 heterocycles. The summed E-state index contributed by atoms with van der Waals surface area (Å²) in [5, 5.41) is 2.96. The molecule has 0 aliphatic carbocycles. The summed E-state index contributed by atoms with van der Waals surface area (Å²) in [6, 6.07) is 12.4. The number of nitrogens with one attached hydrogen (secondary N) is 1. The summed E-state index contributed by atoms with van der Waals surface area (Å²) in [7, 11) is 0. The third-order valence-corrected chi connectivity index (χ3v) is 5.52. The number of halogens is 1. The molecule has 4 rings (SSSR count). The molecule has 6 heteroatoms. The average molecular weight is 398 g/mol. The molecule has 154 valence electrons. The van der Waals surface area contributed by atoms with Crippen molar-refractivity contribution < 1.29 is 18.7 Å². The second-order valence-corrected chi connectivity index (χ2v) is 7.81. The molecule has 1 fully saturated rings. The van der Waals surface area contributed by atoms with Gasteiger partial charge in [0, 0.05) is 18.2 Å². The highest BCUT2D eigenvalue weighted by Gasteiger charge is 2.21. The fourth-order valence-electron chi connectivity index (χ4n) is 3.99. The maximum absolute atomic E-state index is 13.4. The van der Waals surface area contributed by atoms with Crippen LogP contribution < -0.4 is 14.8 Å². The molecule has 0 atom stereocenters. The van der Waals surface area contributed by atoms with Crippen molar-refractivity contribution >= 4 is 11.6 Å². The lowest BCUT2D eigenvalue weighted by Gasteiger charge is -2.31. The Morgan fingerprint density at radius 2 is 1.86 bits per heavy atom. The van der Waals surface area contributed by atoms with Gasteiger partial charge in [0.05, 0.1) is 19.8 Å². The van der Waals surface area contributed by atoms with Gasteiger partial charge in [0.1, 0.15) is 5.82 Å². The summed E-state index contributed by atoms with van der Waals surface area (Å²) in [4.78, 5) is 14.6. The topological polar surface area (TPSA) is 50.8 Å². The summed E-state index contributed by atoms with van der Waals surface area (Å²) in [6.45, 7) is 3.41. The first-order valence-electron chi connectivity index (χ1n) is 10.3. The van der Waals surface area contributed by atoms with E-state index in [1.54, 1.807) is 12.1 Å². The Morgan fingerprint density at radius 3 is 2.66 bits per heavy atom. The molecule has 0 saturated carbocycles. The second-order valence-electron chi connectivity index (χ2n) is 7.81. The number of anilines is 1. The molecule has 0 spiro atoms. The van der Waals surface area contributed by atoms with Gasteiger partial charge in [-0.05, 0) is 68.1 Å². The second kappa shape index (κ2) is 9.27. The zero-order valence-electron chi connectivity index (χ0n) is 16.5. The average Bonchev–Trinajstić information content (AvgIpc) is 2.94. The van der Waals surface area contributed by atoms with Crippen molar-refractivity contribution in [3.05, 3.63) is 53.8 Å². The fraction of sp³-hybridized carbons (Fsp3) is 0.435. The number of ether oxygens (including phenoxy) is 2. The molecule has 0 bridgehead atoms. The minimum atomic E-state index is -0.175. The third-order valence-electron chi connectivity index (χ3n) is 5.52. The zero-order chi connectivity index (χ0) is 20.1. The van der Waals surface area contributed by atoms with E-state index in [1.165, 1.54) is 6.07 Å². The Hall–Kier alpha value is -2.60. The van der Waals surface area contributed by atoms with Crippen LogP contribution in [0, 0.1) is 11.7 Å². The lowest BCUT2D eigenvalue weighted by Crippen LogP contribution is -2.39. The Bertz CT molecular complexity index is 850. The fourth-order valence-corrected chi connectivity index (χ4v) is 3.99. The van der Waals surface area contributed by atoms with Crippen molar-refractivity contribution in [2.75, 3.05) is 38.2 Å². The quantitative estimate of drug-likeness (QED) is 0.831. The van der Waals surface area contributed by atoms with Crippen molar-refractivity contribution in [1.82, 2.24) is 4.90 Å². The summed E-state index contributed by atoms with van der Waals surface area (Å²) in [6.07, 6.45) is 3.79. The highest BCUT2D eigenvalue weighted by atomic mass is 19.1. The molecule has 0 aromatic heterocycles. The normalized spacial score (nSPS) is 17.6. The van der Waals surface area contributed by atoms with E-state index in [2.05, 4.69) is 10.2 Å². The van der Waals surface area contributed by atoms with Crippen molar-refractivity contribution in [2.24, 2.45) is 5.92 Å². The van der Waals surface area contributed by atoms with Crippen LogP contribution in [0.1, 0.15) is 24.8 Å². The smallest absolute Gasteiger partial charge is 0.238 e. The van der Waals surface area contributed by atoms with E-state index in [4.69, 9.17) is 9.47 Å². The number of nitrogens with zero attached hydrogens (tertiary/aromatic N) is 1. The summed E-state index contributed by atoms with van der Waals surface area (Å²) in [5.74, 6) is 1.74. The van der Waals surface area contributed by atoms with Gasteiger partial charge in [-0.25, -0.2) is 4.39 Å². The molecule has 1 saturated heterocycles. The van der Waals surface area contributed by atoms with Crippen LogP contribution in [0.2, 0.25) is 0 Å². The lowest BCUT2D eigenvalue weighted by atomic mass is 9.90. The van der Waals surface area contributed by atoms with E-state index in [0.29, 0.717) is 31.4 Å². The van der Waals surface area contributed by atoms with Crippen LogP contribution in [0.5, 0.6) is 11.5 Å². The number of benzene rings is 2. The van der Waals surface area contributed by atoms with E-state index < -0.39 is 0 Å². The number of hydrogen-bond acceptors (Lipinski definition) is 4. The largest absolute Gasteiger partial charge is 0.490 e. The molecule has 1 N–H and O–H groups in total. The van der Waals surface area contributed by atoms with Crippen molar-refractivity contribution in [2.45, 2.75) is 25.7 Å². The predicted molar refractivity (Wildman–Crippen MR) is 110 cm³/mol. The number of fused-ring (bicyclic) bond motifs is 1. The van der Waals surface area contributed by atoms with E-state index in [0.717, 1.165) is 55.8 Å². The van der Waals surface area contributed by atoms with Crippen LogP contribution in [-0.4, -0.2) is 43.7 Å². The minimum absolute atomic E-state index is 0.0249. The molecule has 2 aliphatic heterocycles. The lowest BCUT2D eigenvalue weighted by molar-refractivity contribution is -0.117. The standard InChI is InChI=1S/C23H27FN2O3/c24-19-4-1-3-18(14-19)13-17-7-9-26(10-8-17)16-23(27)25-20-5-6-21-22(15-20)29-12-2-11-28-21/h1,3-6,14-15,17H,2,7-13,16H2,(H,25,27). The molecule has 1 amide bonds. The van der Waals surface area contributed by atoms with Gasteiger partial charge in [-0.1, -0.05) is 12.1 Å². The number of amides is 1. The van der Waals surface area contributed by atoms with Crippen LogP contribution in [0.25, 0.3) is 0 Å². The van der Waals surface area contributed by atoms with E-state index in [1.807, 2.05) is 24.3 Å². The Labute approximate surface area is 170 Å². The third kappa shape index (κ3) is 5.48. The zero-order valence-corrected chi connectivity index (χ0v) is 16.5. The highest BCUT2D eigenvalue weighted by molar-refractivity contribution is 5.92. The molecule has 5 nitrogen and oxygen atoms in total. The first-order chi connectivity index (χ1) is 14.2. The molecule has 2 aromatic carbocycles. The van der Waals surface area contributed by atoms with Gasteiger partial charge in [-0.3, -0.25) is 9.69 Å². The number of piperidine rings is 1. The predicted octanol–water partition coefficient (Wildman–Crippen LogP) is 3.88. The van der Waals surface area contributed by atoms with Gasteiger partial charge in [-0.15, -0.1) is 0 Å². The number of hydrogen-bond donors (Lipinski definition) is 1. The number of likely N-dealkylation sites (tertiary alicyclic amines) is 1. The van der Waals surface area contributed by atoms with Crippen LogP contribution in [0.15, 0.2) is 42.5 Å². The van der Waals surface area contributed by atoms with Crippen molar-refractivity contribution in [1.29, 1.82) is 0 Å². The van der Waals surface area contributed by atoms with Gasteiger partial charge >= 0.3 is 0 Å². The highest BCUT2D eigenvalue weighted by Crippen LogP contribution is 2.32. The minimum Gasteiger partial charge on any atom is -0.490 e. The van der Waals surface area contributed by atoms with E-state index in [9.17, 15) is 9.18 Å². The van der Waals surface area contributed by atoms with E-state index in [-0.39, 0.29) is 11.7 Å². The van der Waals surface area contributed by atoms with Crippen LogP contribution >= 0.6 is 0 Å². The molecular formula is C23H27FN2O3. The SMILES string of the molecule is O=C(CN1CCC(Cc2cccc(F)c2)CC1)Nc1ccc2c(c1)OCCCO2. The van der Waals surface area contributed by atoms with Gasteiger partial charge in [0.15, 0.2) is 11.5 Å². The molecular weight excluding hydrogens is 371 g/mol. The van der Waals surface area contributed by atoms with Gasteiger partial charge in [-0.2, -0.15) is 0 Å². The molecule has 2 aromatic rings. The summed E-state index contributed by atoms with van der Waals surface area (Å²) >= 11 is 0.